The molecular weight excluding hydrogens is 274 g/mol. The Kier molecular flexibility index (Phi) is 5.30. The number of terminal acetylenes is 1. The highest BCUT2D eigenvalue weighted by atomic mass is 16.6. The van der Waals surface area contributed by atoms with E-state index in [2.05, 4.69) is 21.5 Å². The first kappa shape index (κ1) is 17.0. The van der Waals surface area contributed by atoms with Gasteiger partial charge in [-0.25, -0.2) is 9.59 Å². The van der Waals surface area contributed by atoms with Crippen molar-refractivity contribution in [2.75, 3.05) is 0 Å². The van der Waals surface area contributed by atoms with E-state index in [1.165, 1.54) is 0 Å². The Morgan fingerprint density at radius 2 is 2.00 bits per heavy atom. The Labute approximate surface area is 124 Å². The maximum atomic E-state index is 11.6. The Bertz CT molecular complexity index is 468. The van der Waals surface area contributed by atoms with Crippen molar-refractivity contribution < 1.29 is 19.4 Å². The molecule has 1 amide bonds. The van der Waals surface area contributed by atoms with Gasteiger partial charge in [0.15, 0.2) is 5.66 Å². The van der Waals surface area contributed by atoms with Gasteiger partial charge in [-0.1, -0.05) is 0 Å². The number of carboxylic acids is 1. The smallest absolute Gasteiger partial charge is 0.408 e. The molecule has 0 spiro atoms. The normalized spacial score (nSPS) is 16.7. The predicted octanol–water partition coefficient (Wildman–Crippen LogP) is 2.32. The molecule has 1 rings (SSSR count). The fraction of sp³-hybridized carbons (Fsp3) is 0.714. The van der Waals surface area contributed by atoms with Gasteiger partial charge in [0.1, 0.15) is 11.6 Å². The van der Waals surface area contributed by atoms with Crippen molar-refractivity contribution >= 4 is 12.1 Å². The molecule has 0 saturated heterocycles. The number of aliphatic carboxylic acids is 1. The average molecular weight is 295 g/mol. The van der Waals surface area contributed by atoms with Crippen molar-refractivity contribution in [3.05, 3.63) is 0 Å². The highest BCUT2D eigenvalue weighted by Gasteiger charge is 2.40. The van der Waals surface area contributed by atoms with Crippen LogP contribution in [0.25, 0.3) is 0 Å². The van der Waals surface area contributed by atoms with Gasteiger partial charge in [-0.2, -0.15) is 10.2 Å². The molecular formula is C14H21N3O4. The van der Waals surface area contributed by atoms with Gasteiger partial charge in [0.05, 0.1) is 0 Å². The highest BCUT2D eigenvalue weighted by molar-refractivity contribution is 5.79. The third-order valence-corrected chi connectivity index (χ3v) is 2.88. The van der Waals surface area contributed by atoms with E-state index in [4.69, 9.17) is 16.3 Å². The summed E-state index contributed by atoms with van der Waals surface area (Å²) >= 11 is 0. The standard InChI is InChI=1S/C14H21N3O4/c1-5-6-8-14(16-17-14)9-7-10(11(18)19)15-12(20)21-13(2,3)4/h1,10H,6-9H2,2-4H3,(H,15,20)(H,18,19)/t10-/m0/s1. The van der Waals surface area contributed by atoms with Gasteiger partial charge < -0.3 is 15.2 Å². The van der Waals surface area contributed by atoms with E-state index in [0.29, 0.717) is 19.3 Å². The third-order valence-electron chi connectivity index (χ3n) is 2.88. The van der Waals surface area contributed by atoms with E-state index in [0.717, 1.165) is 0 Å². The van der Waals surface area contributed by atoms with Crippen LogP contribution in [-0.4, -0.2) is 34.5 Å². The molecule has 21 heavy (non-hydrogen) atoms. The van der Waals surface area contributed by atoms with Crippen molar-refractivity contribution in [2.45, 2.75) is 63.8 Å². The predicted molar refractivity (Wildman–Crippen MR) is 75.7 cm³/mol. The number of alkyl carbamates (subject to hydrolysis) is 1. The average Bonchev–Trinajstić information content (AvgIpc) is 3.10. The van der Waals surface area contributed by atoms with Crippen molar-refractivity contribution in [3.8, 4) is 12.3 Å². The molecule has 0 saturated carbocycles. The van der Waals surface area contributed by atoms with Crippen LogP contribution in [0.15, 0.2) is 10.2 Å². The van der Waals surface area contributed by atoms with E-state index in [1.807, 2.05) is 0 Å². The van der Waals surface area contributed by atoms with Crippen LogP contribution in [-0.2, 0) is 9.53 Å². The quantitative estimate of drug-likeness (QED) is 0.704. The maximum Gasteiger partial charge on any atom is 0.408 e. The largest absolute Gasteiger partial charge is 0.480 e. The zero-order valence-corrected chi connectivity index (χ0v) is 12.5. The number of rotatable bonds is 7. The van der Waals surface area contributed by atoms with Gasteiger partial charge in [-0.15, -0.1) is 12.3 Å². The van der Waals surface area contributed by atoms with E-state index in [-0.39, 0.29) is 6.42 Å². The number of carbonyl (C=O) groups excluding carboxylic acids is 1. The summed E-state index contributed by atoms with van der Waals surface area (Å²) < 4.78 is 5.04. The molecule has 1 heterocycles. The molecule has 0 aromatic carbocycles. The van der Waals surface area contributed by atoms with Crippen LogP contribution in [0.4, 0.5) is 4.79 Å². The summed E-state index contributed by atoms with van der Waals surface area (Å²) in [6, 6.07) is -1.03. The summed E-state index contributed by atoms with van der Waals surface area (Å²) in [7, 11) is 0. The molecule has 1 aliphatic rings. The molecule has 116 valence electrons. The summed E-state index contributed by atoms with van der Waals surface area (Å²) in [5, 5.41) is 19.4. The maximum absolute atomic E-state index is 11.6. The minimum atomic E-state index is -1.12. The summed E-state index contributed by atoms with van der Waals surface area (Å²) in [6.45, 7) is 5.12. The number of ether oxygens (including phenoxy) is 1. The van der Waals surface area contributed by atoms with Gasteiger partial charge in [-0.3, -0.25) is 0 Å². The van der Waals surface area contributed by atoms with Gasteiger partial charge in [0.25, 0.3) is 0 Å². The molecule has 1 aliphatic heterocycles. The van der Waals surface area contributed by atoms with Crippen LogP contribution < -0.4 is 5.32 Å². The monoisotopic (exact) mass is 295 g/mol. The lowest BCUT2D eigenvalue weighted by atomic mass is 9.99. The van der Waals surface area contributed by atoms with Crippen LogP contribution in [0.1, 0.15) is 46.5 Å². The molecule has 7 nitrogen and oxygen atoms in total. The summed E-state index contributed by atoms with van der Waals surface area (Å²) in [4.78, 5) is 22.8. The second kappa shape index (κ2) is 6.57. The SMILES string of the molecule is C#CCCC1(CC[C@H](NC(=O)OC(C)(C)C)C(=O)O)N=N1. The lowest BCUT2D eigenvalue weighted by molar-refractivity contribution is -0.139. The van der Waals surface area contributed by atoms with E-state index in [1.54, 1.807) is 20.8 Å². The second-order valence-electron chi connectivity index (χ2n) is 5.96. The number of nitrogens with one attached hydrogen (secondary N) is 1. The van der Waals surface area contributed by atoms with Crippen molar-refractivity contribution in [2.24, 2.45) is 10.2 Å². The Morgan fingerprint density at radius 3 is 2.43 bits per heavy atom. The Balaban J connectivity index is 2.46. The minimum Gasteiger partial charge on any atom is -0.480 e. The first-order valence-electron chi connectivity index (χ1n) is 6.77. The van der Waals surface area contributed by atoms with Crippen LogP contribution in [0, 0.1) is 12.3 Å². The molecule has 7 heteroatoms. The molecule has 0 aliphatic carbocycles. The van der Waals surface area contributed by atoms with Gasteiger partial charge >= 0.3 is 12.1 Å². The summed E-state index contributed by atoms with van der Waals surface area (Å²) in [5.74, 6) is 1.39. The Morgan fingerprint density at radius 1 is 1.38 bits per heavy atom. The molecule has 1 atom stereocenters. The molecule has 2 N–H and O–H groups in total. The lowest BCUT2D eigenvalue weighted by Crippen LogP contribution is -2.44. The minimum absolute atomic E-state index is 0.214. The number of hydrogen-bond donors (Lipinski definition) is 2. The van der Waals surface area contributed by atoms with Crippen molar-refractivity contribution in [3.63, 3.8) is 0 Å². The first-order chi connectivity index (χ1) is 9.67. The fourth-order valence-electron chi connectivity index (χ4n) is 1.75. The van der Waals surface area contributed by atoms with Crippen molar-refractivity contribution in [1.29, 1.82) is 0 Å². The van der Waals surface area contributed by atoms with Gasteiger partial charge in [0.2, 0.25) is 0 Å². The molecule has 0 aromatic heterocycles. The fourth-order valence-corrected chi connectivity index (χ4v) is 1.75. The summed E-state index contributed by atoms with van der Waals surface area (Å²) in [6.07, 6.45) is 6.22. The van der Waals surface area contributed by atoms with E-state index in [9.17, 15) is 9.59 Å². The van der Waals surface area contributed by atoms with Gasteiger partial charge in [0, 0.05) is 12.8 Å². The van der Waals surface area contributed by atoms with Crippen LogP contribution >= 0.6 is 0 Å². The van der Waals surface area contributed by atoms with Crippen molar-refractivity contribution in [1.82, 2.24) is 5.32 Å². The second-order valence-corrected chi connectivity index (χ2v) is 5.96. The number of carboxylic acid groups (broad SMARTS) is 1. The number of carbonyl (C=O) groups is 2. The molecule has 0 radical (unpaired) electrons. The van der Waals surface area contributed by atoms with E-state index >= 15 is 0 Å². The number of amides is 1. The topological polar surface area (TPSA) is 100 Å². The zero-order valence-electron chi connectivity index (χ0n) is 12.5. The first-order valence-corrected chi connectivity index (χ1v) is 6.77. The summed E-state index contributed by atoms with van der Waals surface area (Å²) in [5.41, 5.74) is -1.24. The van der Waals surface area contributed by atoms with Gasteiger partial charge in [-0.05, 0) is 33.6 Å². The molecule has 0 bridgehead atoms. The Hall–Kier alpha value is -2.10. The highest BCUT2D eigenvalue weighted by Crippen LogP contribution is 2.37. The molecule has 0 aromatic rings. The number of hydrogen-bond acceptors (Lipinski definition) is 5. The van der Waals surface area contributed by atoms with E-state index < -0.39 is 29.4 Å². The van der Waals surface area contributed by atoms with Crippen LogP contribution in [0.2, 0.25) is 0 Å². The van der Waals surface area contributed by atoms with Crippen LogP contribution in [0.3, 0.4) is 0 Å². The van der Waals surface area contributed by atoms with Crippen LogP contribution in [0.5, 0.6) is 0 Å². The lowest BCUT2D eigenvalue weighted by Gasteiger charge is -2.22. The number of nitrogens with zero attached hydrogens (tertiary/aromatic N) is 2. The zero-order chi connectivity index (χ0) is 16.1. The third kappa shape index (κ3) is 6.25. The molecule has 0 fully saturated rings. The molecule has 0 unspecified atom stereocenters.